The van der Waals surface area contributed by atoms with E-state index < -0.39 is 18.0 Å². The predicted octanol–water partition coefficient (Wildman–Crippen LogP) is 4.32. The van der Waals surface area contributed by atoms with E-state index in [2.05, 4.69) is 20.2 Å². The lowest BCUT2D eigenvalue weighted by Gasteiger charge is -2.40. The lowest BCUT2D eigenvalue weighted by molar-refractivity contribution is -0.140. The van der Waals surface area contributed by atoms with Gasteiger partial charge in [0.1, 0.15) is 17.3 Å². The van der Waals surface area contributed by atoms with Crippen molar-refractivity contribution in [2.24, 2.45) is 7.05 Å². The van der Waals surface area contributed by atoms with Gasteiger partial charge in [0, 0.05) is 37.8 Å². The first-order valence-electron chi connectivity index (χ1n) is 11.2. The van der Waals surface area contributed by atoms with Crippen molar-refractivity contribution in [2.75, 3.05) is 13.1 Å². The molecule has 2 aromatic heterocycles. The molecule has 0 radical (unpaired) electrons. The number of imidazole rings is 1. The largest absolute Gasteiger partial charge is 0.474 e. The SMILES string of the molecule is CCC(Oc1ccc(-c2cc3c(ncn3C)c(C#N)n2)cc1C(F)(F)F)N1C[C@@H](C)N[C@@H](C)C1. The van der Waals surface area contributed by atoms with Crippen molar-refractivity contribution in [1.29, 1.82) is 5.26 Å². The van der Waals surface area contributed by atoms with E-state index >= 15 is 0 Å². The Morgan fingerprint density at radius 2 is 1.94 bits per heavy atom. The normalized spacial score (nSPS) is 20.3. The first-order valence-corrected chi connectivity index (χ1v) is 11.2. The Kier molecular flexibility index (Phi) is 6.51. The molecule has 7 nitrogen and oxygen atoms in total. The van der Waals surface area contributed by atoms with Crippen LogP contribution in [0.1, 0.15) is 38.4 Å². The maximum absolute atomic E-state index is 14.1. The zero-order valence-electron chi connectivity index (χ0n) is 19.5. The van der Waals surface area contributed by atoms with E-state index in [4.69, 9.17) is 4.74 Å². The van der Waals surface area contributed by atoms with Gasteiger partial charge >= 0.3 is 6.18 Å². The van der Waals surface area contributed by atoms with Crippen molar-refractivity contribution in [3.8, 4) is 23.1 Å². The average molecular weight is 473 g/mol. The molecule has 1 aromatic carbocycles. The number of aryl methyl sites for hydroxylation is 1. The van der Waals surface area contributed by atoms with Crippen LogP contribution >= 0.6 is 0 Å². The molecule has 0 saturated carbocycles. The quantitative estimate of drug-likeness (QED) is 0.596. The van der Waals surface area contributed by atoms with Crippen LogP contribution in [0.15, 0.2) is 30.6 Å². The van der Waals surface area contributed by atoms with E-state index in [1.807, 2.05) is 26.8 Å². The molecular weight excluding hydrogens is 445 g/mol. The molecule has 0 bridgehead atoms. The van der Waals surface area contributed by atoms with E-state index in [1.54, 1.807) is 23.7 Å². The summed E-state index contributed by atoms with van der Waals surface area (Å²) in [6.07, 6.45) is -3.02. The number of aromatic nitrogens is 3. The van der Waals surface area contributed by atoms with Gasteiger partial charge in [-0.2, -0.15) is 18.4 Å². The summed E-state index contributed by atoms with van der Waals surface area (Å²) < 4.78 is 49.9. The Labute approximate surface area is 196 Å². The van der Waals surface area contributed by atoms with Gasteiger partial charge in [0.2, 0.25) is 0 Å². The average Bonchev–Trinajstić information content (AvgIpc) is 3.16. The summed E-state index contributed by atoms with van der Waals surface area (Å²) in [5.74, 6) is -0.218. The van der Waals surface area contributed by atoms with Crippen LogP contribution in [-0.4, -0.2) is 50.8 Å². The molecule has 1 aliphatic rings. The monoisotopic (exact) mass is 472 g/mol. The van der Waals surface area contributed by atoms with Gasteiger partial charge in [-0.1, -0.05) is 6.92 Å². The first kappa shape index (κ1) is 24.0. The second kappa shape index (κ2) is 9.24. The Morgan fingerprint density at radius 3 is 2.56 bits per heavy atom. The summed E-state index contributed by atoms with van der Waals surface area (Å²) in [6.45, 7) is 7.38. The van der Waals surface area contributed by atoms with Crippen LogP contribution in [0.5, 0.6) is 5.75 Å². The number of halogens is 3. The molecule has 1 aliphatic heterocycles. The van der Waals surface area contributed by atoms with E-state index in [0.717, 1.165) is 6.07 Å². The maximum atomic E-state index is 14.1. The highest BCUT2D eigenvalue weighted by Gasteiger charge is 2.36. The minimum Gasteiger partial charge on any atom is -0.474 e. The van der Waals surface area contributed by atoms with Crippen LogP contribution < -0.4 is 10.1 Å². The van der Waals surface area contributed by atoms with Crippen molar-refractivity contribution in [1.82, 2.24) is 24.8 Å². The fourth-order valence-corrected chi connectivity index (χ4v) is 4.53. The van der Waals surface area contributed by atoms with Crippen LogP contribution in [0, 0.1) is 11.3 Å². The van der Waals surface area contributed by atoms with E-state index in [1.165, 1.54) is 12.4 Å². The van der Waals surface area contributed by atoms with Crippen LogP contribution in [0.4, 0.5) is 13.2 Å². The highest BCUT2D eigenvalue weighted by atomic mass is 19.4. The molecule has 1 saturated heterocycles. The van der Waals surface area contributed by atoms with Crippen molar-refractivity contribution in [3.05, 3.63) is 41.9 Å². The molecule has 1 unspecified atom stereocenters. The predicted molar refractivity (Wildman–Crippen MR) is 122 cm³/mol. The highest BCUT2D eigenvalue weighted by Crippen LogP contribution is 2.39. The number of piperazine rings is 1. The minimum atomic E-state index is -4.62. The zero-order chi connectivity index (χ0) is 24.6. The van der Waals surface area contributed by atoms with E-state index in [9.17, 15) is 18.4 Å². The minimum absolute atomic E-state index is 0.0648. The molecule has 0 spiro atoms. The molecule has 180 valence electrons. The third-order valence-electron chi connectivity index (χ3n) is 6.00. The number of ether oxygens (including phenoxy) is 1. The number of hydrogen-bond donors (Lipinski definition) is 1. The summed E-state index contributed by atoms with van der Waals surface area (Å²) in [4.78, 5) is 10.5. The maximum Gasteiger partial charge on any atom is 0.419 e. The Balaban J connectivity index is 1.72. The van der Waals surface area contributed by atoms with Gasteiger partial charge in [-0.15, -0.1) is 0 Å². The highest BCUT2D eigenvalue weighted by molar-refractivity contribution is 5.84. The number of rotatable bonds is 5. The molecule has 3 atom stereocenters. The van der Waals surface area contributed by atoms with Gasteiger partial charge in [0.05, 0.1) is 23.1 Å². The second-order valence-electron chi connectivity index (χ2n) is 8.80. The van der Waals surface area contributed by atoms with Gasteiger partial charge in [0.25, 0.3) is 0 Å². The van der Waals surface area contributed by atoms with E-state index in [-0.39, 0.29) is 34.8 Å². The summed E-state index contributed by atoms with van der Waals surface area (Å²) >= 11 is 0. The third kappa shape index (κ3) is 4.72. The van der Waals surface area contributed by atoms with Crippen LogP contribution in [0.2, 0.25) is 0 Å². The summed E-state index contributed by atoms with van der Waals surface area (Å²) in [5, 5.41) is 12.9. The van der Waals surface area contributed by atoms with Crippen molar-refractivity contribution < 1.29 is 17.9 Å². The molecule has 4 rings (SSSR count). The summed E-state index contributed by atoms with van der Waals surface area (Å²) in [6, 6.07) is 7.98. The molecule has 1 fully saturated rings. The lowest BCUT2D eigenvalue weighted by Crippen LogP contribution is -2.58. The Hall–Kier alpha value is -3.16. The first-order chi connectivity index (χ1) is 16.1. The number of benzene rings is 1. The molecule has 10 heteroatoms. The fraction of sp³-hybridized carbons (Fsp3) is 0.458. The number of pyridine rings is 1. The molecule has 0 aliphatic carbocycles. The number of nitrogens with one attached hydrogen (secondary N) is 1. The topological polar surface area (TPSA) is 79.0 Å². The van der Waals surface area contributed by atoms with Crippen LogP contribution in [-0.2, 0) is 13.2 Å². The smallest absolute Gasteiger partial charge is 0.419 e. The zero-order valence-corrected chi connectivity index (χ0v) is 19.5. The molecule has 3 aromatic rings. The summed E-state index contributed by atoms with van der Waals surface area (Å²) in [7, 11) is 1.75. The van der Waals surface area contributed by atoms with Crippen LogP contribution in [0.25, 0.3) is 22.3 Å². The molecule has 3 heterocycles. The third-order valence-corrected chi connectivity index (χ3v) is 6.00. The van der Waals surface area contributed by atoms with Gasteiger partial charge in [0.15, 0.2) is 11.9 Å². The number of hydrogen-bond acceptors (Lipinski definition) is 6. The number of nitrogens with zero attached hydrogens (tertiary/aromatic N) is 5. The van der Waals surface area contributed by atoms with Crippen molar-refractivity contribution >= 4 is 11.0 Å². The molecule has 1 N–H and O–H groups in total. The van der Waals surface area contributed by atoms with Crippen molar-refractivity contribution in [3.63, 3.8) is 0 Å². The summed E-state index contributed by atoms with van der Waals surface area (Å²) in [5.41, 5.74) is 0.733. The van der Waals surface area contributed by atoms with Crippen LogP contribution in [0.3, 0.4) is 0 Å². The lowest BCUT2D eigenvalue weighted by atomic mass is 10.0. The molecule has 34 heavy (non-hydrogen) atoms. The standard InChI is InChI=1S/C24H27F3N6O/c1-5-22(33-11-14(2)30-15(3)12-33)34-21-7-6-16(8-17(21)24(25,26)27)18-9-20-23(19(10-28)31-18)29-13-32(20)4/h6-9,13-15,22,30H,5,11-12H2,1-4H3/t14-,15+,22?. The van der Waals surface area contributed by atoms with E-state index in [0.29, 0.717) is 30.5 Å². The van der Waals surface area contributed by atoms with Gasteiger partial charge in [-0.05, 0) is 44.5 Å². The Bertz CT molecular complexity index is 1220. The number of alkyl halides is 3. The number of nitriles is 1. The molecule has 0 amide bonds. The van der Waals surface area contributed by atoms with Gasteiger partial charge in [-0.25, -0.2) is 9.97 Å². The van der Waals surface area contributed by atoms with Crippen molar-refractivity contribution in [2.45, 2.75) is 51.7 Å². The molecular formula is C24H27F3N6O. The fourth-order valence-electron chi connectivity index (χ4n) is 4.53. The number of fused-ring (bicyclic) bond motifs is 1. The second-order valence-corrected chi connectivity index (χ2v) is 8.80. The van der Waals surface area contributed by atoms with Gasteiger partial charge < -0.3 is 14.6 Å². The van der Waals surface area contributed by atoms with Gasteiger partial charge in [-0.3, -0.25) is 4.90 Å². The Morgan fingerprint density at radius 1 is 1.24 bits per heavy atom.